The number of nitrogens with one attached hydrogen (secondary N) is 1. The summed E-state index contributed by atoms with van der Waals surface area (Å²) in [6.45, 7) is 8.52. The van der Waals surface area contributed by atoms with Crippen molar-refractivity contribution in [1.29, 1.82) is 0 Å². The summed E-state index contributed by atoms with van der Waals surface area (Å²) in [5.74, 6) is 0.383. The molecule has 3 N–H and O–H groups in total. The van der Waals surface area contributed by atoms with Gasteiger partial charge in [0.25, 0.3) is 5.91 Å². The molecule has 1 aromatic rings. The van der Waals surface area contributed by atoms with Crippen molar-refractivity contribution in [3.05, 3.63) is 101 Å². The van der Waals surface area contributed by atoms with Crippen LogP contribution in [-0.4, -0.2) is 54.5 Å². The molecule has 1 aliphatic heterocycles. The van der Waals surface area contributed by atoms with E-state index in [1.165, 1.54) is 12.8 Å². The molecule has 1 fully saturated rings. The Balaban J connectivity index is 2.05. The van der Waals surface area contributed by atoms with Gasteiger partial charge in [0.2, 0.25) is 0 Å². The van der Waals surface area contributed by atoms with E-state index in [2.05, 4.69) is 69.4 Å². The summed E-state index contributed by atoms with van der Waals surface area (Å²) in [6.07, 6.45) is 26.5. The molecule has 0 aromatic carbocycles. The van der Waals surface area contributed by atoms with E-state index in [0.29, 0.717) is 24.4 Å². The minimum Gasteiger partial charge on any atom is -0.387 e. The van der Waals surface area contributed by atoms with Crippen LogP contribution in [-0.2, 0) is 6.42 Å². The van der Waals surface area contributed by atoms with Crippen LogP contribution in [0.2, 0.25) is 0 Å². The van der Waals surface area contributed by atoms with Crippen molar-refractivity contribution in [1.82, 2.24) is 15.2 Å². The van der Waals surface area contributed by atoms with Crippen molar-refractivity contribution in [3.8, 4) is 0 Å². The van der Waals surface area contributed by atoms with E-state index >= 15 is 0 Å². The number of carbonyl (C=O) groups is 1. The summed E-state index contributed by atoms with van der Waals surface area (Å²) in [5, 5.41) is 3.02. The van der Waals surface area contributed by atoms with E-state index in [9.17, 15) is 4.79 Å². The number of pyridine rings is 1. The van der Waals surface area contributed by atoms with Gasteiger partial charge in [-0.25, -0.2) is 4.99 Å². The van der Waals surface area contributed by atoms with Crippen LogP contribution in [0.1, 0.15) is 62.5 Å². The lowest BCUT2D eigenvalue weighted by Gasteiger charge is -2.17. The van der Waals surface area contributed by atoms with E-state index in [1.54, 1.807) is 32.4 Å². The molecule has 1 saturated heterocycles. The van der Waals surface area contributed by atoms with Gasteiger partial charge in [0.05, 0.1) is 11.5 Å². The number of hydrogen-bond donors (Lipinski definition) is 2. The minimum atomic E-state index is -0.124. The number of allylic oxidation sites excluding steroid dienone is 9. The lowest BCUT2D eigenvalue weighted by atomic mass is 10.1. The van der Waals surface area contributed by atoms with Crippen LogP contribution < -0.4 is 11.1 Å². The summed E-state index contributed by atoms with van der Waals surface area (Å²) in [6, 6.07) is 3.62. The fraction of sp³-hybridized carbons (Fsp3) is 0.375. The number of amides is 1. The third-order valence-corrected chi connectivity index (χ3v) is 5.95. The van der Waals surface area contributed by atoms with Gasteiger partial charge in [0.15, 0.2) is 0 Å². The highest BCUT2D eigenvalue weighted by molar-refractivity contribution is 5.94. The van der Waals surface area contributed by atoms with Crippen LogP contribution in [0.5, 0.6) is 0 Å². The Labute approximate surface area is 234 Å². The van der Waals surface area contributed by atoms with Gasteiger partial charge >= 0.3 is 0 Å². The second kappa shape index (κ2) is 18.3. The molecule has 39 heavy (non-hydrogen) atoms. The lowest BCUT2D eigenvalue weighted by molar-refractivity contribution is 0.0957. The molecular formula is C32H44N6O. The molecule has 0 aliphatic carbocycles. The van der Waals surface area contributed by atoms with Gasteiger partial charge in [-0.15, -0.1) is 0 Å². The number of nitrogens with two attached hydrogens (primary N) is 1. The Morgan fingerprint density at radius 1 is 1.10 bits per heavy atom. The molecule has 0 unspecified atom stereocenters. The van der Waals surface area contributed by atoms with Crippen molar-refractivity contribution in [2.45, 2.75) is 52.9 Å². The Morgan fingerprint density at radius 2 is 1.82 bits per heavy atom. The second-order valence-corrected chi connectivity index (χ2v) is 9.27. The number of likely N-dealkylation sites (tertiary alicyclic amines) is 1. The van der Waals surface area contributed by atoms with Crippen molar-refractivity contribution in [2.24, 2.45) is 15.7 Å². The number of aliphatic imine (C=N–C) groups is 2. The van der Waals surface area contributed by atoms with Gasteiger partial charge in [-0.1, -0.05) is 50.3 Å². The first-order chi connectivity index (χ1) is 19.0. The standard InChI is InChI=1S/C32H44N6O/c1-5-12-27(15-11-16-31(25-34-4)38-20-9-10-21-38)22-30-23-29(17-19-36-30)32(39)37-24-28(13-6-2)14-7-8-18-35-26(3)33/h7-8,11-19,23,25H,5-6,9-10,20-22,24H2,1-4H3,(H2,33,35)(H,37,39)/b14-7+,15-11+,18-8-,27-12+,28-13+,31-16+,34-25-. The number of amidine groups is 1. The zero-order valence-corrected chi connectivity index (χ0v) is 23.9. The van der Waals surface area contributed by atoms with Crippen molar-refractivity contribution in [2.75, 3.05) is 26.7 Å². The van der Waals surface area contributed by atoms with Crippen LogP contribution in [0.3, 0.4) is 0 Å². The zero-order valence-electron chi connectivity index (χ0n) is 23.9. The van der Waals surface area contributed by atoms with Crippen LogP contribution in [0, 0.1) is 0 Å². The van der Waals surface area contributed by atoms with Gasteiger partial charge in [-0.2, -0.15) is 0 Å². The smallest absolute Gasteiger partial charge is 0.251 e. The number of aromatic nitrogens is 1. The summed E-state index contributed by atoms with van der Waals surface area (Å²) >= 11 is 0. The van der Waals surface area contributed by atoms with Gasteiger partial charge < -0.3 is 16.0 Å². The van der Waals surface area contributed by atoms with E-state index < -0.39 is 0 Å². The molecule has 1 aromatic heterocycles. The molecule has 7 heteroatoms. The molecule has 208 valence electrons. The van der Waals surface area contributed by atoms with Gasteiger partial charge in [0.1, 0.15) is 0 Å². The monoisotopic (exact) mass is 528 g/mol. The topological polar surface area (TPSA) is 96.0 Å². The molecular weight excluding hydrogens is 484 g/mol. The Bertz CT molecular complexity index is 1160. The van der Waals surface area contributed by atoms with Crippen LogP contribution >= 0.6 is 0 Å². The molecule has 0 radical (unpaired) electrons. The van der Waals surface area contributed by atoms with Crippen LogP contribution in [0.25, 0.3) is 0 Å². The summed E-state index contributed by atoms with van der Waals surface area (Å²) in [4.78, 5) is 28.0. The molecule has 1 amide bonds. The number of nitrogens with zero attached hydrogens (tertiary/aromatic N) is 4. The molecule has 7 nitrogen and oxygen atoms in total. The largest absolute Gasteiger partial charge is 0.387 e. The fourth-order valence-electron chi connectivity index (χ4n) is 4.13. The van der Waals surface area contributed by atoms with E-state index in [1.807, 2.05) is 30.5 Å². The van der Waals surface area contributed by atoms with Gasteiger partial charge in [-0.05, 0) is 68.0 Å². The maximum atomic E-state index is 12.9. The first kappa shape index (κ1) is 31.2. The van der Waals surface area contributed by atoms with Crippen molar-refractivity contribution < 1.29 is 4.79 Å². The first-order valence-corrected chi connectivity index (χ1v) is 13.8. The molecule has 0 spiro atoms. The predicted molar refractivity (Wildman–Crippen MR) is 165 cm³/mol. The third-order valence-electron chi connectivity index (χ3n) is 5.95. The highest BCUT2D eigenvalue weighted by atomic mass is 16.1. The highest BCUT2D eigenvalue weighted by Gasteiger charge is 2.12. The third kappa shape index (κ3) is 12.4. The Kier molecular flexibility index (Phi) is 14.6. The molecule has 2 heterocycles. The molecule has 0 bridgehead atoms. The van der Waals surface area contributed by atoms with Gasteiger partial charge in [0, 0.05) is 63.0 Å². The van der Waals surface area contributed by atoms with Crippen molar-refractivity contribution in [3.63, 3.8) is 0 Å². The number of hydrogen-bond acceptors (Lipinski definition) is 5. The molecule has 1 aliphatic rings. The zero-order chi connectivity index (χ0) is 28.3. The summed E-state index contributed by atoms with van der Waals surface area (Å²) in [5.41, 5.74) is 10.3. The molecule has 0 saturated carbocycles. The SMILES string of the molecule is CC\C=C(/C=C/C=C(\C=N/C)N1CCCC1)Cc1cc(C(=O)NCC(/C=C/C=C\N=C(/C)N)=C/CC)ccn1. The Hall–Kier alpha value is -4.00. The number of rotatable bonds is 14. The minimum absolute atomic E-state index is 0.124. The fourth-order valence-corrected chi connectivity index (χ4v) is 4.13. The van der Waals surface area contributed by atoms with Crippen LogP contribution in [0.4, 0.5) is 0 Å². The summed E-state index contributed by atoms with van der Waals surface area (Å²) < 4.78 is 0. The molecule has 2 rings (SSSR count). The maximum absolute atomic E-state index is 12.9. The summed E-state index contributed by atoms with van der Waals surface area (Å²) in [7, 11) is 1.81. The average molecular weight is 529 g/mol. The van der Waals surface area contributed by atoms with Gasteiger partial charge in [-0.3, -0.25) is 14.8 Å². The van der Waals surface area contributed by atoms with E-state index in [4.69, 9.17) is 5.73 Å². The lowest BCUT2D eigenvalue weighted by Crippen LogP contribution is -2.25. The number of carbonyl (C=O) groups excluding carboxylic acids is 1. The van der Waals surface area contributed by atoms with E-state index in [-0.39, 0.29) is 5.91 Å². The average Bonchev–Trinajstić information content (AvgIpc) is 3.46. The molecule has 0 atom stereocenters. The first-order valence-electron chi connectivity index (χ1n) is 13.8. The maximum Gasteiger partial charge on any atom is 0.251 e. The normalized spacial score (nSPS) is 16.1. The predicted octanol–water partition coefficient (Wildman–Crippen LogP) is 5.71. The Morgan fingerprint density at radius 3 is 2.51 bits per heavy atom. The van der Waals surface area contributed by atoms with Crippen LogP contribution in [0.15, 0.2) is 100.0 Å². The van der Waals surface area contributed by atoms with E-state index in [0.717, 1.165) is 48.5 Å². The highest BCUT2D eigenvalue weighted by Crippen LogP contribution is 2.15. The quantitative estimate of drug-likeness (QED) is 0.184. The van der Waals surface area contributed by atoms with Crippen molar-refractivity contribution >= 4 is 18.0 Å². The second-order valence-electron chi connectivity index (χ2n) is 9.27.